The number of rotatable bonds is 1. The molecule has 0 amide bonds. The molecule has 2 aliphatic rings. The van der Waals surface area contributed by atoms with Crippen LogP contribution in [0, 0.1) is 0 Å². The zero-order valence-corrected chi connectivity index (χ0v) is 7.34. The minimum atomic E-state index is 0.430. The van der Waals surface area contributed by atoms with Crippen molar-refractivity contribution in [2.75, 3.05) is 13.1 Å². The van der Waals surface area contributed by atoms with E-state index in [4.69, 9.17) is 5.73 Å². The molecule has 2 fully saturated rings. The lowest BCUT2D eigenvalue weighted by Crippen LogP contribution is -2.46. The molecule has 0 radical (unpaired) electrons. The van der Waals surface area contributed by atoms with Crippen molar-refractivity contribution in [2.45, 2.75) is 44.2 Å². The van der Waals surface area contributed by atoms with Gasteiger partial charge in [-0.05, 0) is 39.2 Å². The summed E-state index contributed by atoms with van der Waals surface area (Å²) in [6, 6.07) is 0.793. The summed E-state index contributed by atoms with van der Waals surface area (Å²) in [5.74, 6) is 0. The molecule has 0 bridgehead atoms. The van der Waals surface area contributed by atoms with Gasteiger partial charge in [-0.25, -0.2) is 0 Å². The van der Waals surface area contributed by atoms with Gasteiger partial charge in [0.05, 0.1) is 0 Å². The Hall–Kier alpha value is -0.0800. The van der Waals surface area contributed by atoms with Gasteiger partial charge in [0.25, 0.3) is 0 Å². The lowest BCUT2D eigenvalue weighted by molar-refractivity contribution is 0.165. The van der Waals surface area contributed by atoms with E-state index in [1.165, 1.54) is 32.2 Å². The molecule has 0 aliphatic carbocycles. The average molecular weight is 154 g/mol. The van der Waals surface area contributed by atoms with Crippen molar-refractivity contribution < 1.29 is 0 Å². The molecular formula is C9H18N2. The Balaban J connectivity index is 2.18. The Morgan fingerprint density at radius 3 is 3.00 bits per heavy atom. The van der Waals surface area contributed by atoms with Crippen molar-refractivity contribution in [1.82, 2.24) is 4.90 Å². The van der Waals surface area contributed by atoms with E-state index in [2.05, 4.69) is 11.8 Å². The number of fused-ring (bicyclic) bond motifs is 1. The standard InChI is InChI=1S/C9H18N2/c1-8-3-5-9(7-10)4-2-6-11(8)9/h8H,2-7,10H2,1H3/t8-,9+/m0/s1. The van der Waals surface area contributed by atoms with Gasteiger partial charge >= 0.3 is 0 Å². The van der Waals surface area contributed by atoms with Crippen LogP contribution in [0.4, 0.5) is 0 Å². The number of nitrogens with two attached hydrogens (primary N) is 1. The van der Waals surface area contributed by atoms with Crippen LogP contribution < -0.4 is 5.73 Å². The van der Waals surface area contributed by atoms with E-state index in [0.717, 1.165) is 12.6 Å². The molecule has 2 aliphatic heterocycles. The molecule has 2 saturated heterocycles. The molecule has 0 aromatic heterocycles. The second-order valence-electron chi connectivity index (χ2n) is 4.11. The van der Waals surface area contributed by atoms with E-state index in [1.807, 2.05) is 0 Å². The lowest BCUT2D eigenvalue weighted by Gasteiger charge is -2.32. The zero-order chi connectivity index (χ0) is 7.90. The highest BCUT2D eigenvalue weighted by molar-refractivity contribution is 5.03. The van der Waals surface area contributed by atoms with Gasteiger partial charge in [-0.2, -0.15) is 0 Å². The van der Waals surface area contributed by atoms with Gasteiger partial charge in [0.2, 0.25) is 0 Å². The third-order valence-corrected chi connectivity index (χ3v) is 3.59. The molecule has 2 heterocycles. The van der Waals surface area contributed by atoms with Crippen LogP contribution >= 0.6 is 0 Å². The van der Waals surface area contributed by atoms with E-state index in [0.29, 0.717) is 5.54 Å². The van der Waals surface area contributed by atoms with Gasteiger partial charge in [0.15, 0.2) is 0 Å². The SMILES string of the molecule is C[C@H]1CC[C@@]2(CN)CCCN12. The second-order valence-corrected chi connectivity index (χ2v) is 4.11. The quantitative estimate of drug-likeness (QED) is 0.609. The summed E-state index contributed by atoms with van der Waals surface area (Å²) in [7, 11) is 0. The molecule has 2 heteroatoms. The van der Waals surface area contributed by atoms with E-state index < -0.39 is 0 Å². The Labute approximate surface area is 68.7 Å². The molecule has 2 nitrogen and oxygen atoms in total. The van der Waals surface area contributed by atoms with Crippen LogP contribution in [0.2, 0.25) is 0 Å². The molecule has 0 aromatic carbocycles. The van der Waals surface area contributed by atoms with Gasteiger partial charge in [-0.1, -0.05) is 0 Å². The highest BCUT2D eigenvalue weighted by Crippen LogP contribution is 2.41. The Morgan fingerprint density at radius 2 is 2.36 bits per heavy atom. The van der Waals surface area contributed by atoms with Crippen LogP contribution in [0.1, 0.15) is 32.6 Å². The molecular weight excluding hydrogens is 136 g/mol. The summed E-state index contributed by atoms with van der Waals surface area (Å²) in [4.78, 5) is 2.63. The van der Waals surface area contributed by atoms with Crippen LogP contribution in [0.15, 0.2) is 0 Å². The molecule has 2 rings (SSSR count). The van der Waals surface area contributed by atoms with E-state index >= 15 is 0 Å². The number of hydrogen-bond acceptors (Lipinski definition) is 2. The first kappa shape index (κ1) is 7.56. The van der Waals surface area contributed by atoms with Crippen molar-refractivity contribution in [1.29, 1.82) is 0 Å². The van der Waals surface area contributed by atoms with Crippen molar-refractivity contribution in [3.8, 4) is 0 Å². The highest BCUT2D eigenvalue weighted by Gasteiger charge is 2.46. The summed E-state index contributed by atoms with van der Waals surface area (Å²) in [6.07, 6.45) is 5.40. The molecule has 0 unspecified atom stereocenters. The largest absolute Gasteiger partial charge is 0.329 e. The summed E-state index contributed by atoms with van der Waals surface area (Å²) in [5, 5.41) is 0. The molecule has 0 saturated carbocycles. The highest BCUT2D eigenvalue weighted by atomic mass is 15.3. The molecule has 0 aromatic rings. The molecule has 2 N–H and O–H groups in total. The fourth-order valence-corrected chi connectivity index (χ4v) is 2.87. The van der Waals surface area contributed by atoms with Gasteiger partial charge in [0.1, 0.15) is 0 Å². The minimum Gasteiger partial charge on any atom is -0.329 e. The third kappa shape index (κ3) is 0.926. The Morgan fingerprint density at radius 1 is 1.55 bits per heavy atom. The number of hydrogen-bond donors (Lipinski definition) is 1. The fourth-order valence-electron chi connectivity index (χ4n) is 2.87. The number of nitrogens with zero attached hydrogens (tertiary/aromatic N) is 1. The first-order valence-electron chi connectivity index (χ1n) is 4.75. The molecule has 2 atom stereocenters. The summed E-state index contributed by atoms with van der Waals surface area (Å²) in [6.45, 7) is 4.50. The summed E-state index contributed by atoms with van der Waals surface area (Å²) < 4.78 is 0. The third-order valence-electron chi connectivity index (χ3n) is 3.59. The lowest BCUT2D eigenvalue weighted by atomic mass is 9.94. The van der Waals surface area contributed by atoms with Crippen LogP contribution in [0.3, 0.4) is 0 Å². The van der Waals surface area contributed by atoms with E-state index in [-0.39, 0.29) is 0 Å². The maximum Gasteiger partial charge on any atom is 0.0335 e. The summed E-state index contributed by atoms with van der Waals surface area (Å²) >= 11 is 0. The smallest absolute Gasteiger partial charge is 0.0335 e. The monoisotopic (exact) mass is 154 g/mol. The van der Waals surface area contributed by atoms with Crippen molar-refractivity contribution in [3.05, 3.63) is 0 Å². The van der Waals surface area contributed by atoms with Crippen LogP contribution in [-0.4, -0.2) is 29.6 Å². The van der Waals surface area contributed by atoms with Crippen molar-refractivity contribution in [3.63, 3.8) is 0 Å². The average Bonchev–Trinajstić information content (AvgIpc) is 2.53. The maximum absolute atomic E-state index is 5.83. The van der Waals surface area contributed by atoms with E-state index in [9.17, 15) is 0 Å². The predicted molar refractivity (Wildman–Crippen MR) is 46.4 cm³/mol. The first-order valence-corrected chi connectivity index (χ1v) is 4.75. The zero-order valence-electron chi connectivity index (χ0n) is 7.34. The molecule has 11 heavy (non-hydrogen) atoms. The Kier molecular flexibility index (Phi) is 1.69. The van der Waals surface area contributed by atoms with Gasteiger partial charge in [0, 0.05) is 18.1 Å². The maximum atomic E-state index is 5.83. The van der Waals surface area contributed by atoms with Crippen LogP contribution in [-0.2, 0) is 0 Å². The van der Waals surface area contributed by atoms with Crippen LogP contribution in [0.5, 0.6) is 0 Å². The topological polar surface area (TPSA) is 29.3 Å². The first-order chi connectivity index (χ1) is 5.28. The van der Waals surface area contributed by atoms with Gasteiger partial charge in [-0.3, -0.25) is 4.90 Å². The van der Waals surface area contributed by atoms with Crippen molar-refractivity contribution >= 4 is 0 Å². The van der Waals surface area contributed by atoms with E-state index in [1.54, 1.807) is 0 Å². The molecule has 0 spiro atoms. The molecule has 64 valence electrons. The van der Waals surface area contributed by atoms with Gasteiger partial charge < -0.3 is 5.73 Å². The fraction of sp³-hybridized carbons (Fsp3) is 1.00. The van der Waals surface area contributed by atoms with Crippen molar-refractivity contribution in [2.24, 2.45) is 5.73 Å². The normalized spacial score (nSPS) is 44.7. The summed E-state index contributed by atoms with van der Waals surface area (Å²) in [5.41, 5.74) is 6.26. The van der Waals surface area contributed by atoms with Gasteiger partial charge in [-0.15, -0.1) is 0 Å². The second kappa shape index (κ2) is 2.46. The van der Waals surface area contributed by atoms with Crippen LogP contribution in [0.25, 0.3) is 0 Å². The predicted octanol–water partition coefficient (Wildman–Crippen LogP) is 0.962. The minimum absolute atomic E-state index is 0.430. The Bertz CT molecular complexity index is 158.